The average molecular weight is 323 g/mol. The van der Waals surface area contributed by atoms with Crippen molar-refractivity contribution in [3.05, 3.63) is 58.2 Å². The monoisotopic (exact) mass is 322 g/mol. The summed E-state index contributed by atoms with van der Waals surface area (Å²) in [6.07, 6.45) is 0. The number of carbonyl (C=O) groups excluding carboxylic acids is 1. The van der Waals surface area contributed by atoms with Crippen LogP contribution in [0.3, 0.4) is 0 Å². The lowest BCUT2D eigenvalue weighted by Crippen LogP contribution is -2.13. The first-order chi connectivity index (χ1) is 10.5. The SMILES string of the molecule is Cc1cc(Cl)c(NC(=O)c2noc3cc(F)ccc23)cc1F. The topological polar surface area (TPSA) is 55.1 Å². The largest absolute Gasteiger partial charge is 0.355 e. The Hall–Kier alpha value is -2.47. The number of aryl methyl sites for hydroxylation is 1. The lowest BCUT2D eigenvalue weighted by Gasteiger charge is -2.07. The highest BCUT2D eigenvalue weighted by Crippen LogP contribution is 2.27. The van der Waals surface area contributed by atoms with Crippen LogP contribution in [0.1, 0.15) is 16.1 Å². The molecule has 2 aromatic carbocycles. The Morgan fingerprint density at radius 3 is 2.82 bits per heavy atom. The molecule has 1 heterocycles. The molecule has 1 amide bonds. The molecule has 1 aromatic heterocycles. The fourth-order valence-corrected chi connectivity index (χ4v) is 2.26. The molecular weight excluding hydrogens is 314 g/mol. The van der Waals surface area contributed by atoms with E-state index in [1.807, 2.05) is 0 Å². The molecule has 0 atom stereocenters. The highest BCUT2D eigenvalue weighted by Gasteiger charge is 2.18. The van der Waals surface area contributed by atoms with Crippen molar-refractivity contribution in [1.82, 2.24) is 5.16 Å². The third kappa shape index (κ3) is 2.53. The molecule has 4 nitrogen and oxygen atoms in total. The Morgan fingerprint density at radius 2 is 2.05 bits per heavy atom. The molecule has 0 aliphatic heterocycles. The number of anilines is 1. The van der Waals surface area contributed by atoms with Gasteiger partial charge in [-0.2, -0.15) is 0 Å². The average Bonchev–Trinajstić information content (AvgIpc) is 2.87. The molecule has 0 unspecified atom stereocenters. The van der Waals surface area contributed by atoms with Gasteiger partial charge >= 0.3 is 0 Å². The first-order valence-corrected chi connectivity index (χ1v) is 6.65. The van der Waals surface area contributed by atoms with Gasteiger partial charge in [0.05, 0.1) is 16.1 Å². The summed E-state index contributed by atoms with van der Waals surface area (Å²) in [5, 5.41) is 6.62. The van der Waals surface area contributed by atoms with Crippen LogP contribution in [0.4, 0.5) is 14.5 Å². The maximum Gasteiger partial charge on any atom is 0.278 e. The standard InChI is InChI=1S/C15H9ClF2N2O2/c1-7-4-10(16)12(6-11(7)18)19-15(21)14-9-3-2-8(17)5-13(9)22-20-14/h2-6H,1H3,(H,19,21). The van der Waals surface area contributed by atoms with E-state index in [0.717, 1.165) is 12.1 Å². The van der Waals surface area contributed by atoms with Crippen molar-refractivity contribution in [1.29, 1.82) is 0 Å². The van der Waals surface area contributed by atoms with E-state index >= 15 is 0 Å². The van der Waals surface area contributed by atoms with Crippen molar-refractivity contribution in [2.75, 3.05) is 5.32 Å². The molecule has 3 aromatic rings. The lowest BCUT2D eigenvalue weighted by atomic mass is 10.2. The second-order valence-corrected chi connectivity index (χ2v) is 5.11. The van der Waals surface area contributed by atoms with Crippen LogP contribution in [0.15, 0.2) is 34.9 Å². The number of nitrogens with one attached hydrogen (secondary N) is 1. The van der Waals surface area contributed by atoms with Crippen molar-refractivity contribution in [2.24, 2.45) is 0 Å². The molecule has 0 aliphatic carbocycles. The van der Waals surface area contributed by atoms with Crippen LogP contribution in [0.25, 0.3) is 11.0 Å². The van der Waals surface area contributed by atoms with Crippen LogP contribution in [0, 0.1) is 18.6 Å². The Morgan fingerprint density at radius 1 is 1.27 bits per heavy atom. The van der Waals surface area contributed by atoms with Gasteiger partial charge in [-0.3, -0.25) is 4.79 Å². The summed E-state index contributed by atoms with van der Waals surface area (Å²) in [6, 6.07) is 6.22. The van der Waals surface area contributed by atoms with Crippen molar-refractivity contribution in [3.63, 3.8) is 0 Å². The summed E-state index contributed by atoms with van der Waals surface area (Å²) in [5.41, 5.74) is 0.594. The van der Waals surface area contributed by atoms with E-state index in [0.29, 0.717) is 10.9 Å². The van der Waals surface area contributed by atoms with Gasteiger partial charge in [0.1, 0.15) is 11.6 Å². The number of hydrogen-bond acceptors (Lipinski definition) is 3. The van der Waals surface area contributed by atoms with Gasteiger partial charge in [-0.05, 0) is 36.8 Å². The number of nitrogens with zero attached hydrogens (tertiary/aromatic N) is 1. The maximum absolute atomic E-state index is 13.6. The van der Waals surface area contributed by atoms with E-state index in [-0.39, 0.29) is 22.0 Å². The fourth-order valence-electron chi connectivity index (χ4n) is 2.00. The van der Waals surface area contributed by atoms with E-state index in [1.54, 1.807) is 6.92 Å². The molecule has 112 valence electrons. The smallest absolute Gasteiger partial charge is 0.278 e. The zero-order valence-electron chi connectivity index (χ0n) is 11.3. The van der Waals surface area contributed by atoms with Crippen molar-refractivity contribution in [3.8, 4) is 0 Å². The number of amides is 1. The van der Waals surface area contributed by atoms with Crippen LogP contribution in [-0.2, 0) is 0 Å². The highest BCUT2D eigenvalue weighted by molar-refractivity contribution is 6.34. The lowest BCUT2D eigenvalue weighted by molar-refractivity contribution is 0.102. The minimum absolute atomic E-state index is 0.0351. The van der Waals surface area contributed by atoms with E-state index < -0.39 is 17.5 Å². The van der Waals surface area contributed by atoms with Crippen LogP contribution in [0.5, 0.6) is 0 Å². The third-order valence-corrected chi connectivity index (χ3v) is 3.46. The summed E-state index contributed by atoms with van der Waals surface area (Å²) < 4.78 is 31.5. The molecule has 22 heavy (non-hydrogen) atoms. The molecular formula is C15H9ClF2N2O2. The minimum atomic E-state index is -0.629. The number of hydrogen-bond donors (Lipinski definition) is 1. The fraction of sp³-hybridized carbons (Fsp3) is 0.0667. The van der Waals surface area contributed by atoms with Crippen LogP contribution < -0.4 is 5.32 Å². The zero-order valence-corrected chi connectivity index (χ0v) is 12.0. The number of aromatic nitrogens is 1. The molecule has 3 rings (SSSR count). The Labute approximate surface area is 128 Å². The zero-order chi connectivity index (χ0) is 15.9. The molecule has 0 aliphatic rings. The normalized spacial score (nSPS) is 10.9. The van der Waals surface area contributed by atoms with Gasteiger partial charge in [0.2, 0.25) is 0 Å². The van der Waals surface area contributed by atoms with Gasteiger partial charge in [-0.1, -0.05) is 16.8 Å². The van der Waals surface area contributed by atoms with E-state index in [9.17, 15) is 13.6 Å². The van der Waals surface area contributed by atoms with Crippen molar-refractivity contribution >= 4 is 34.2 Å². The number of rotatable bonds is 2. The molecule has 0 saturated heterocycles. The number of carbonyl (C=O) groups is 1. The molecule has 0 bridgehead atoms. The van der Waals surface area contributed by atoms with E-state index in [4.69, 9.17) is 16.1 Å². The third-order valence-electron chi connectivity index (χ3n) is 3.15. The summed E-state index contributed by atoms with van der Waals surface area (Å²) in [7, 11) is 0. The molecule has 0 fully saturated rings. The summed E-state index contributed by atoms with van der Waals surface area (Å²) in [5.74, 6) is -1.62. The summed E-state index contributed by atoms with van der Waals surface area (Å²) >= 11 is 5.97. The molecule has 0 spiro atoms. The summed E-state index contributed by atoms with van der Waals surface area (Å²) in [6.45, 7) is 1.56. The van der Waals surface area contributed by atoms with Crippen molar-refractivity contribution in [2.45, 2.75) is 6.92 Å². The van der Waals surface area contributed by atoms with E-state index in [1.165, 1.54) is 18.2 Å². The van der Waals surface area contributed by atoms with Gasteiger partial charge in [-0.25, -0.2) is 8.78 Å². The predicted octanol–water partition coefficient (Wildman–Crippen LogP) is 4.32. The first-order valence-electron chi connectivity index (χ1n) is 6.27. The highest BCUT2D eigenvalue weighted by atomic mass is 35.5. The van der Waals surface area contributed by atoms with E-state index in [2.05, 4.69) is 10.5 Å². The van der Waals surface area contributed by atoms with Gasteiger partial charge in [-0.15, -0.1) is 0 Å². The quantitative estimate of drug-likeness (QED) is 0.764. The number of halogens is 3. The van der Waals surface area contributed by atoms with Gasteiger partial charge in [0, 0.05) is 6.07 Å². The molecule has 7 heteroatoms. The van der Waals surface area contributed by atoms with Gasteiger partial charge in [0.25, 0.3) is 5.91 Å². The maximum atomic E-state index is 13.6. The second kappa shape index (κ2) is 5.38. The van der Waals surface area contributed by atoms with Crippen LogP contribution >= 0.6 is 11.6 Å². The Kier molecular flexibility index (Phi) is 3.54. The summed E-state index contributed by atoms with van der Waals surface area (Å²) in [4.78, 5) is 12.2. The van der Waals surface area contributed by atoms with Crippen LogP contribution in [-0.4, -0.2) is 11.1 Å². The number of fused-ring (bicyclic) bond motifs is 1. The van der Waals surface area contributed by atoms with Crippen LogP contribution in [0.2, 0.25) is 5.02 Å². The Balaban J connectivity index is 1.95. The molecule has 0 saturated carbocycles. The Bertz CT molecular complexity index is 893. The van der Waals surface area contributed by atoms with Gasteiger partial charge in [0.15, 0.2) is 11.3 Å². The molecule has 0 radical (unpaired) electrons. The van der Waals surface area contributed by atoms with Crippen molar-refractivity contribution < 1.29 is 18.1 Å². The second-order valence-electron chi connectivity index (χ2n) is 4.71. The molecule has 1 N–H and O–H groups in total. The van der Waals surface area contributed by atoms with Gasteiger partial charge < -0.3 is 9.84 Å². The number of benzene rings is 2. The first kappa shape index (κ1) is 14.5. The minimum Gasteiger partial charge on any atom is -0.355 e. The predicted molar refractivity (Wildman–Crippen MR) is 78.1 cm³/mol.